The number of halogens is 3. The topological polar surface area (TPSA) is 86.8 Å². The van der Waals surface area contributed by atoms with Gasteiger partial charge in [-0.25, -0.2) is 9.97 Å². The maximum atomic E-state index is 13.2. The van der Waals surface area contributed by atoms with Crippen molar-refractivity contribution in [2.24, 2.45) is 11.3 Å². The van der Waals surface area contributed by atoms with Crippen molar-refractivity contribution < 1.29 is 32.1 Å². The Kier molecular flexibility index (Phi) is 5.89. The molecule has 1 aliphatic carbocycles. The summed E-state index contributed by atoms with van der Waals surface area (Å²) >= 11 is 0. The number of anilines is 2. The van der Waals surface area contributed by atoms with Crippen molar-refractivity contribution in [3.63, 3.8) is 0 Å². The van der Waals surface area contributed by atoms with Crippen LogP contribution in [0, 0.1) is 11.3 Å². The van der Waals surface area contributed by atoms with Crippen LogP contribution in [0.25, 0.3) is 10.9 Å². The Morgan fingerprint density at radius 2 is 1.95 bits per heavy atom. The molecule has 2 aliphatic heterocycles. The molecule has 3 aromatic rings. The summed E-state index contributed by atoms with van der Waals surface area (Å²) < 4.78 is 63.2. The van der Waals surface area contributed by atoms with Crippen molar-refractivity contribution in [1.82, 2.24) is 15.3 Å². The second-order valence-electron chi connectivity index (χ2n) is 9.69. The van der Waals surface area contributed by atoms with E-state index < -0.39 is 17.5 Å². The van der Waals surface area contributed by atoms with Gasteiger partial charge in [0, 0.05) is 29.1 Å². The van der Waals surface area contributed by atoms with Gasteiger partial charge in [0.1, 0.15) is 12.1 Å². The molecule has 1 saturated carbocycles. The zero-order valence-electron chi connectivity index (χ0n) is 20.2. The lowest BCUT2D eigenvalue weighted by molar-refractivity contribution is -0.183. The van der Waals surface area contributed by atoms with Gasteiger partial charge < -0.3 is 29.6 Å². The number of rotatable bonds is 7. The van der Waals surface area contributed by atoms with Crippen LogP contribution in [0.5, 0.6) is 11.5 Å². The second-order valence-corrected chi connectivity index (χ2v) is 9.69. The molecule has 3 fully saturated rings. The molecule has 37 heavy (non-hydrogen) atoms. The van der Waals surface area contributed by atoms with E-state index in [0.29, 0.717) is 60.5 Å². The van der Waals surface area contributed by atoms with Gasteiger partial charge in [-0.15, -0.1) is 0 Å². The standard InChI is InChI=1S/C26H27F3N4O4/c1-34-21-11-20-19(23(32-15-31-20)33-18-4-2-3-16(9-18)26(27,28)29)10-22(21)35-6-5-17-12-24(17)13-30-14-25(24)36-7-8-37-25/h2-4,9-11,15,17,30H,5-8,12-14H2,1H3,(H,31,32,33). The van der Waals surface area contributed by atoms with E-state index >= 15 is 0 Å². The molecule has 2 atom stereocenters. The summed E-state index contributed by atoms with van der Waals surface area (Å²) in [5.41, 5.74) is 0.0925. The third-order valence-electron chi connectivity index (χ3n) is 7.64. The third-order valence-corrected chi connectivity index (χ3v) is 7.64. The number of hydrogen-bond acceptors (Lipinski definition) is 8. The van der Waals surface area contributed by atoms with Crippen LogP contribution in [-0.2, 0) is 15.7 Å². The summed E-state index contributed by atoms with van der Waals surface area (Å²) in [7, 11) is 1.55. The van der Waals surface area contributed by atoms with E-state index in [-0.39, 0.29) is 11.1 Å². The van der Waals surface area contributed by atoms with E-state index in [2.05, 4.69) is 20.6 Å². The Balaban J connectivity index is 1.20. The van der Waals surface area contributed by atoms with Gasteiger partial charge in [0.2, 0.25) is 0 Å². The summed E-state index contributed by atoms with van der Waals surface area (Å²) in [6, 6.07) is 8.47. The maximum absolute atomic E-state index is 13.2. The van der Waals surface area contributed by atoms with E-state index in [0.717, 1.165) is 31.5 Å². The molecule has 0 radical (unpaired) electrons. The molecule has 2 spiro atoms. The molecule has 0 bridgehead atoms. The summed E-state index contributed by atoms with van der Waals surface area (Å²) in [5, 5.41) is 7.02. The highest BCUT2D eigenvalue weighted by molar-refractivity contribution is 5.93. The minimum Gasteiger partial charge on any atom is -0.493 e. The normalized spacial score (nSPS) is 24.2. The SMILES string of the molecule is COc1cc2ncnc(Nc3cccc(C(F)(F)F)c3)c2cc1OCCC1CC12CNCC21OCCO1. The van der Waals surface area contributed by atoms with Crippen molar-refractivity contribution in [3.05, 3.63) is 48.3 Å². The second kappa shape index (κ2) is 9.00. The number of aromatic nitrogens is 2. The molecule has 2 saturated heterocycles. The molecule has 3 aliphatic rings. The predicted octanol–water partition coefficient (Wildman–Crippen LogP) is 4.52. The molecule has 2 N–H and O–H groups in total. The average Bonchev–Trinajstić information content (AvgIpc) is 3.21. The number of alkyl halides is 3. The first-order valence-electron chi connectivity index (χ1n) is 12.2. The van der Waals surface area contributed by atoms with Crippen molar-refractivity contribution in [2.45, 2.75) is 24.8 Å². The Bertz CT molecular complexity index is 1310. The van der Waals surface area contributed by atoms with Gasteiger partial charge in [-0.3, -0.25) is 0 Å². The Labute approximate surface area is 211 Å². The Morgan fingerprint density at radius 3 is 2.73 bits per heavy atom. The zero-order valence-corrected chi connectivity index (χ0v) is 20.2. The number of nitrogens with one attached hydrogen (secondary N) is 2. The molecule has 2 aromatic carbocycles. The Morgan fingerprint density at radius 1 is 1.11 bits per heavy atom. The van der Waals surface area contributed by atoms with Gasteiger partial charge in [0.25, 0.3) is 0 Å². The lowest BCUT2D eigenvalue weighted by Gasteiger charge is -2.29. The zero-order chi connectivity index (χ0) is 25.7. The highest BCUT2D eigenvalue weighted by Crippen LogP contribution is 2.65. The van der Waals surface area contributed by atoms with E-state index in [1.807, 2.05) is 0 Å². The number of nitrogens with zero attached hydrogens (tertiary/aromatic N) is 2. The molecule has 0 amide bonds. The first-order valence-corrected chi connectivity index (χ1v) is 12.2. The molecule has 196 valence electrons. The predicted molar refractivity (Wildman–Crippen MR) is 129 cm³/mol. The van der Waals surface area contributed by atoms with Crippen molar-refractivity contribution in [3.8, 4) is 11.5 Å². The molecular weight excluding hydrogens is 489 g/mol. The van der Waals surface area contributed by atoms with Crippen molar-refractivity contribution >= 4 is 22.4 Å². The van der Waals surface area contributed by atoms with Crippen molar-refractivity contribution in [1.29, 1.82) is 0 Å². The van der Waals surface area contributed by atoms with E-state index in [1.54, 1.807) is 25.3 Å². The van der Waals surface area contributed by atoms with Gasteiger partial charge in [-0.05, 0) is 43.0 Å². The van der Waals surface area contributed by atoms with Gasteiger partial charge >= 0.3 is 6.18 Å². The van der Waals surface area contributed by atoms with Crippen LogP contribution in [0.4, 0.5) is 24.7 Å². The summed E-state index contributed by atoms with van der Waals surface area (Å²) in [5.74, 6) is 1.31. The van der Waals surface area contributed by atoms with Crippen LogP contribution in [0.2, 0.25) is 0 Å². The quantitative estimate of drug-likeness (QED) is 0.474. The smallest absolute Gasteiger partial charge is 0.416 e. The van der Waals surface area contributed by atoms with E-state index in [4.69, 9.17) is 18.9 Å². The number of fused-ring (bicyclic) bond motifs is 2. The lowest BCUT2D eigenvalue weighted by atomic mass is 9.95. The van der Waals surface area contributed by atoms with Gasteiger partial charge in [0.15, 0.2) is 17.3 Å². The first kappa shape index (κ1) is 24.2. The molecule has 11 heteroatoms. The van der Waals surface area contributed by atoms with Crippen LogP contribution in [0.15, 0.2) is 42.7 Å². The number of ether oxygens (including phenoxy) is 4. The lowest BCUT2D eigenvalue weighted by Crippen LogP contribution is -2.41. The maximum Gasteiger partial charge on any atom is 0.416 e. The number of hydrogen-bond donors (Lipinski definition) is 2. The van der Waals surface area contributed by atoms with Crippen LogP contribution in [0.3, 0.4) is 0 Å². The molecule has 6 rings (SSSR count). The summed E-state index contributed by atoms with van der Waals surface area (Å²) in [6.45, 7) is 3.30. The minimum atomic E-state index is -4.44. The number of benzene rings is 2. The largest absolute Gasteiger partial charge is 0.493 e. The fraction of sp³-hybridized carbons (Fsp3) is 0.462. The fourth-order valence-corrected chi connectivity index (χ4v) is 5.70. The average molecular weight is 517 g/mol. The van der Waals surface area contributed by atoms with Crippen LogP contribution in [-0.4, -0.2) is 55.8 Å². The number of methoxy groups -OCH3 is 1. The van der Waals surface area contributed by atoms with E-state index in [9.17, 15) is 13.2 Å². The van der Waals surface area contributed by atoms with Crippen molar-refractivity contribution in [2.75, 3.05) is 45.3 Å². The summed E-state index contributed by atoms with van der Waals surface area (Å²) in [6.07, 6.45) is -1.23. The van der Waals surface area contributed by atoms with Crippen LogP contribution in [0.1, 0.15) is 18.4 Å². The molecule has 3 heterocycles. The van der Waals surface area contributed by atoms with Gasteiger partial charge in [-0.2, -0.15) is 13.2 Å². The fourth-order valence-electron chi connectivity index (χ4n) is 5.70. The highest BCUT2D eigenvalue weighted by Gasteiger charge is 2.71. The van der Waals surface area contributed by atoms with Crippen LogP contribution < -0.4 is 20.1 Å². The molecule has 8 nitrogen and oxygen atoms in total. The Hall–Kier alpha value is -3.15. The van der Waals surface area contributed by atoms with Crippen LogP contribution >= 0.6 is 0 Å². The molecular formula is C26H27F3N4O4. The first-order chi connectivity index (χ1) is 17.8. The minimum absolute atomic E-state index is 0.00376. The molecule has 1 aromatic heterocycles. The molecule has 2 unspecified atom stereocenters. The van der Waals surface area contributed by atoms with Gasteiger partial charge in [-0.1, -0.05) is 6.07 Å². The van der Waals surface area contributed by atoms with Gasteiger partial charge in [0.05, 0.1) is 44.6 Å². The summed E-state index contributed by atoms with van der Waals surface area (Å²) in [4.78, 5) is 8.56. The highest BCUT2D eigenvalue weighted by atomic mass is 19.4. The van der Waals surface area contributed by atoms with E-state index in [1.165, 1.54) is 12.4 Å². The monoisotopic (exact) mass is 516 g/mol. The third kappa shape index (κ3) is 4.24.